The normalized spacial score (nSPS) is 13.2. The van der Waals surface area contributed by atoms with Crippen LogP contribution >= 0.6 is 0 Å². The molecule has 0 spiro atoms. The van der Waals surface area contributed by atoms with Gasteiger partial charge in [-0.2, -0.15) is 5.26 Å². The van der Waals surface area contributed by atoms with Gasteiger partial charge in [-0.25, -0.2) is 4.98 Å². The van der Waals surface area contributed by atoms with E-state index in [1.54, 1.807) is 0 Å². The molecule has 0 fully saturated rings. The Hall–Kier alpha value is -2.93. The van der Waals surface area contributed by atoms with Gasteiger partial charge in [0.2, 0.25) is 0 Å². The summed E-state index contributed by atoms with van der Waals surface area (Å²) in [6, 6.07) is 12.5. The van der Waals surface area contributed by atoms with Gasteiger partial charge in [0.1, 0.15) is 11.9 Å². The van der Waals surface area contributed by atoms with Crippen LogP contribution in [0.5, 0.6) is 0 Å². The van der Waals surface area contributed by atoms with Crippen LogP contribution in [0.4, 0.5) is 5.82 Å². The molecular weight excluding hydrogens is 284 g/mol. The minimum atomic E-state index is 0.668. The molecule has 0 saturated carbocycles. The fourth-order valence-corrected chi connectivity index (χ4v) is 3.27. The summed E-state index contributed by atoms with van der Waals surface area (Å²) in [5.74, 6) is 0.776. The maximum atomic E-state index is 9.65. The zero-order valence-electron chi connectivity index (χ0n) is 13.2. The maximum Gasteiger partial charge on any atom is 0.148 e. The quantitative estimate of drug-likeness (QED) is 0.688. The number of fused-ring (bicyclic) bond motifs is 2. The zero-order valence-corrected chi connectivity index (χ0v) is 13.2. The van der Waals surface area contributed by atoms with Gasteiger partial charge in [0.15, 0.2) is 0 Å². The van der Waals surface area contributed by atoms with Crippen molar-refractivity contribution in [1.29, 1.82) is 5.26 Å². The van der Waals surface area contributed by atoms with E-state index < -0.39 is 0 Å². The molecule has 23 heavy (non-hydrogen) atoms. The summed E-state index contributed by atoms with van der Waals surface area (Å²) < 4.78 is 0. The molecule has 0 N–H and O–H groups in total. The number of aryl methyl sites for hydroxylation is 2. The van der Waals surface area contributed by atoms with Crippen molar-refractivity contribution in [3.8, 4) is 6.07 Å². The van der Waals surface area contributed by atoms with Gasteiger partial charge < -0.3 is 4.90 Å². The highest BCUT2D eigenvalue weighted by atomic mass is 15.2. The summed E-state index contributed by atoms with van der Waals surface area (Å²) >= 11 is 0. The fourth-order valence-electron chi connectivity index (χ4n) is 3.27. The van der Waals surface area contributed by atoms with E-state index in [0.29, 0.717) is 5.56 Å². The van der Waals surface area contributed by atoms with Crippen LogP contribution in [0.1, 0.15) is 27.9 Å². The first kappa shape index (κ1) is 13.7. The third kappa shape index (κ3) is 2.13. The van der Waals surface area contributed by atoms with Crippen LogP contribution in [0.3, 0.4) is 0 Å². The van der Waals surface area contributed by atoms with E-state index in [0.717, 1.165) is 41.1 Å². The van der Waals surface area contributed by atoms with Gasteiger partial charge in [0.05, 0.1) is 11.1 Å². The van der Waals surface area contributed by atoms with Crippen LogP contribution in [0.15, 0.2) is 36.5 Å². The van der Waals surface area contributed by atoms with Crippen molar-refractivity contribution in [2.24, 2.45) is 0 Å². The Balaban J connectivity index is 1.86. The molecule has 1 aliphatic rings. The molecule has 0 amide bonds. The third-order valence-corrected chi connectivity index (χ3v) is 4.49. The molecule has 0 bridgehead atoms. The minimum Gasteiger partial charge on any atom is -0.347 e. The summed E-state index contributed by atoms with van der Waals surface area (Å²) in [4.78, 5) is 11.3. The zero-order chi connectivity index (χ0) is 16.0. The van der Waals surface area contributed by atoms with Crippen LogP contribution in [0, 0.1) is 25.2 Å². The predicted octanol–water partition coefficient (Wildman–Crippen LogP) is 3.64. The first-order chi connectivity index (χ1) is 11.2. The number of para-hydroxylation sites is 1. The number of hydrogen-bond donors (Lipinski definition) is 0. The number of nitriles is 1. The maximum absolute atomic E-state index is 9.65. The van der Waals surface area contributed by atoms with Crippen molar-refractivity contribution < 1.29 is 0 Å². The second-order valence-corrected chi connectivity index (χ2v) is 6.01. The lowest BCUT2D eigenvalue weighted by Gasteiger charge is -2.20. The van der Waals surface area contributed by atoms with Gasteiger partial charge in [0.25, 0.3) is 0 Å². The molecule has 0 radical (unpaired) electrons. The summed E-state index contributed by atoms with van der Waals surface area (Å²) in [5, 5.41) is 10.7. The Bertz CT molecular complexity index is 969. The Morgan fingerprint density at radius 3 is 2.74 bits per heavy atom. The van der Waals surface area contributed by atoms with E-state index in [9.17, 15) is 5.26 Å². The van der Waals surface area contributed by atoms with E-state index in [-0.39, 0.29) is 0 Å². The lowest BCUT2D eigenvalue weighted by atomic mass is 10.0. The molecule has 3 heterocycles. The van der Waals surface area contributed by atoms with Crippen LogP contribution in [0.25, 0.3) is 10.9 Å². The van der Waals surface area contributed by atoms with E-state index in [4.69, 9.17) is 4.98 Å². The van der Waals surface area contributed by atoms with Crippen LogP contribution in [0.2, 0.25) is 0 Å². The number of nitrogens with zero attached hydrogens (tertiary/aromatic N) is 4. The molecule has 0 atom stereocenters. The molecule has 4 rings (SSSR count). The fraction of sp³-hybridized carbons (Fsp3) is 0.211. The molecule has 1 aliphatic heterocycles. The Morgan fingerprint density at radius 1 is 1.13 bits per heavy atom. The highest BCUT2D eigenvalue weighted by Gasteiger charge is 2.24. The molecule has 0 aliphatic carbocycles. The highest BCUT2D eigenvalue weighted by molar-refractivity contribution is 5.87. The summed E-state index contributed by atoms with van der Waals surface area (Å²) in [6.07, 6.45) is 1.94. The minimum absolute atomic E-state index is 0.668. The highest BCUT2D eigenvalue weighted by Crippen LogP contribution is 2.33. The standard InChI is InChI=1S/C19H16N4/c1-12-7-14-10-23(11-15(14)9-21-12)19-17(8-20)13(2)16-5-3-4-6-18(16)22-19/h3-7,9H,10-11H2,1-2H3. The van der Waals surface area contributed by atoms with Gasteiger partial charge in [-0.05, 0) is 42.7 Å². The van der Waals surface area contributed by atoms with Crippen molar-refractivity contribution in [2.45, 2.75) is 26.9 Å². The number of pyridine rings is 2. The first-order valence-electron chi connectivity index (χ1n) is 7.66. The molecule has 0 unspecified atom stereocenters. The van der Waals surface area contributed by atoms with Gasteiger partial charge in [-0.1, -0.05) is 18.2 Å². The van der Waals surface area contributed by atoms with Gasteiger partial charge in [-0.15, -0.1) is 0 Å². The monoisotopic (exact) mass is 300 g/mol. The average molecular weight is 300 g/mol. The molecule has 3 aromatic rings. The smallest absolute Gasteiger partial charge is 0.148 e. The third-order valence-electron chi connectivity index (χ3n) is 4.49. The van der Waals surface area contributed by atoms with Crippen molar-refractivity contribution in [1.82, 2.24) is 9.97 Å². The second-order valence-electron chi connectivity index (χ2n) is 6.01. The van der Waals surface area contributed by atoms with Crippen molar-refractivity contribution >= 4 is 16.7 Å². The van der Waals surface area contributed by atoms with Crippen LogP contribution in [-0.2, 0) is 13.1 Å². The van der Waals surface area contributed by atoms with E-state index in [1.807, 2.05) is 44.3 Å². The van der Waals surface area contributed by atoms with Crippen LogP contribution < -0.4 is 4.90 Å². The number of benzene rings is 1. The molecule has 4 heteroatoms. The van der Waals surface area contributed by atoms with Crippen molar-refractivity contribution in [3.05, 3.63) is 64.5 Å². The van der Waals surface area contributed by atoms with E-state index in [2.05, 4.69) is 22.0 Å². The Morgan fingerprint density at radius 2 is 1.91 bits per heavy atom. The van der Waals surface area contributed by atoms with Crippen molar-refractivity contribution in [3.63, 3.8) is 0 Å². The molecule has 4 nitrogen and oxygen atoms in total. The topological polar surface area (TPSA) is 52.8 Å². The number of anilines is 1. The van der Waals surface area contributed by atoms with Gasteiger partial charge in [-0.3, -0.25) is 4.98 Å². The molecule has 1 aromatic carbocycles. The summed E-state index contributed by atoms with van der Waals surface area (Å²) in [7, 11) is 0. The molecule has 112 valence electrons. The summed E-state index contributed by atoms with van der Waals surface area (Å²) in [6.45, 7) is 5.53. The number of aromatic nitrogens is 2. The van der Waals surface area contributed by atoms with E-state index >= 15 is 0 Å². The van der Waals surface area contributed by atoms with Crippen LogP contribution in [-0.4, -0.2) is 9.97 Å². The van der Waals surface area contributed by atoms with Gasteiger partial charge in [0, 0.05) is 30.4 Å². The second kappa shape index (κ2) is 5.06. The Kier molecular flexibility index (Phi) is 3.02. The lowest BCUT2D eigenvalue weighted by Crippen LogP contribution is -2.18. The van der Waals surface area contributed by atoms with Crippen molar-refractivity contribution in [2.75, 3.05) is 4.90 Å². The number of rotatable bonds is 1. The molecular formula is C19H16N4. The number of hydrogen-bond acceptors (Lipinski definition) is 4. The SMILES string of the molecule is Cc1cc2c(cn1)CN(c1nc3ccccc3c(C)c1C#N)C2. The van der Waals surface area contributed by atoms with Gasteiger partial charge >= 0.3 is 0 Å². The molecule has 0 saturated heterocycles. The average Bonchev–Trinajstić information content (AvgIpc) is 2.97. The van der Waals surface area contributed by atoms with E-state index in [1.165, 1.54) is 11.1 Å². The molecule has 2 aromatic heterocycles. The summed E-state index contributed by atoms with van der Waals surface area (Å²) in [5.41, 5.74) is 6.11. The largest absolute Gasteiger partial charge is 0.347 e. The predicted molar refractivity (Wildman–Crippen MR) is 90.1 cm³/mol. The first-order valence-corrected chi connectivity index (χ1v) is 7.66. The Labute approximate surface area is 135 Å². The lowest BCUT2D eigenvalue weighted by molar-refractivity contribution is 0.857.